The molecule has 1 N–H and O–H groups in total. The summed E-state index contributed by atoms with van der Waals surface area (Å²) in [5, 5.41) is 18.5. The van der Waals surface area contributed by atoms with E-state index in [-0.39, 0.29) is 12.5 Å². The van der Waals surface area contributed by atoms with Crippen LogP contribution in [-0.2, 0) is 0 Å². The predicted molar refractivity (Wildman–Crippen MR) is 103 cm³/mol. The molecule has 1 aliphatic heterocycles. The molecule has 1 aromatic heterocycles. The molecule has 140 valence electrons. The van der Waals surface area contributed by atoms with Gasteiger partial charge < -0.3 is 10.0 Å². The number of nitriles is 1. The Bertz CT molecular complexity index is 863. The maximum Gasteiger partial charge on any atom is 0.253 e. The molecule has 0 radical (unpaired) electrons. The van der Waals surface area contributed by atoms with E-state index < -0.39 is 0 Å². The van der Waals surface area contributed by atoms with Crippen molar-refractivity contribution in [3.63, 3.8) is 0 Å². The molecule has 1 aliphatic rings. The van der Waals surface area contributed by atoms with Crippen LogP contribution in [0.1, 0.15) is 27.2 Å². The van der Waals surface area contributed by atoms with Crippen LogP contribution < -0.4 is 0 Å². The summed E-state index contributed by atoms with van der Waals surface area (Å²) in [4.78, 5) is 21.3. The van der Waals surface area contributed by atoms with E-state index in [2.05, 4.69) is 16.0 Å². The molecule has 0 saturated carbocycles. The summed E-state index contributed by atoms with van der Waals surface area (Å²) in [5.41, 5.74) is 4.47. The van der Waals surface area contributed by atoms with Crippen molar-refractivity contribution in [3.8, 4) is 17.3 Å². The molecule has 1 saturated heterocycles. The fourth-order valence-electron chi connectivity index (χ4n) is 3.46. The summed E-state index contributed by atoms with van der Waals surface area (Å²) in [7, 11) is 0. The molecule has 0 aliphatic carbocycles. The lowest BCUT2D eigenvalue weighted by Crippen LogP contribution is -2.49. The van der Waals surface area contributed by atoms with Gasteiger partial charge in [-0.3, -0.25) is 14.7 Å². The quantitative estimate of drug-likeness (QED) is 0.897. The van der Waals surface area contributed by atoms with Gasteiger partial charge in [0.05, 0.1) is 17.9 Å². The van der Waals surface area contributed by atoms with Crippen molar-refractivity contribution in [2.24, 2.45) is 0 Å². The molecule has 2 aromatic rings. The average molecular weight is 364 g/mol. The molecule has 2 heterocycles. The number of β-amino-alcohol motifs (C(OH)–C–C–N with tert-alkyl or cyclic N) is 1. The van der Waals surface area contributed by atoms with Crippen LogP contribution in [0.15, 0.2) is 30.3 Å². The van der Waals surface area contributed by atoms with E-state index in [0.717, 1.165) is 29.9 Å². The van der Waals surface area contributed by atoms with Gasteiger partial charge >= 0.3 is 0 Å². The second kappa shape index (κ2) is 8.30. The summed E-state index contributed by atoms with van der Waals surface area (Å²) in [6.45, 7) is 7.50. The van der Waals surface area contributed by atoms with E-state index in [1.54, 1.807) is 12.1 Å². The van der Waals surface area contributed by atoms with Crippen LogP contribution in [0.4, 0.5) is 0 Å². The van der Waals surface area contributed by atoms with Gasteiger partial charge in [0, 0.05) is 49.5 Å². The number of benzene rings is 1. The van der Waals surface area contributed by atoms with Gasteiger partial charge in [-0.25, -0.2) is 0 Å². The second-order valence-corrected chi connectivity index (χ2v) is 6.85. The highest BCUT2D eigenvalue weighted by Gasteiger charge is 2.22. The molecule has 3 rings (SSSR count). The van der Waals surface area contributed by atoms with Crippen LogP contribution in [-0.4, -0.2) is 65.1 Å². The molecular formula is C21H24N4O2. The third kappa shape index (κ3) is 4.16. The van der Waals surface area contributed by atoms with Crippen LogP contribution in [0, 0.1) is 25.2 Å². The zero-order valence-electron chi connectivity index (χ0n) is 15.8. The Kier molecular flexibility index (Phi) is 5.84. The summed E-state index contributed by atoms with van der Waals surface area (Å²) in [5.74, 6) is 0.0130. The lowest BCUT2D eigenvalue weighted by molar-refractivity contribution is 0.0615. The van der Waals surface area contributed by atoms with E-state index in [1.807, 2.05) is 36.9 Å². The second-order valence-electron chi connectivity index (χ2n) is 6.85. The van der Waals surface area contributed by atoms with Gasteiger partial charge in [-0.2, -0.15) is 5.26 Å². The van der Waals surface area contributed by atoms with E-state index in [1.165, 1.54) is 0 Å². The predicted octanol–water partition coefficient (Wildman–Crippen LogP) is 1.99. The van der Waals surface area contributed by atoms with Crippen molar-refractivity contribution >= 4 is 5.91 Å². The summed E-state index contributed by atoms with van der Waals surface area (Å²) < 4.78 is 0. The van der Waals surface area contributed by atoms with Crippen molar-refractivity contribution in [2.45, 2.75) is 13.8 Å². The Morgan fingerprint density at radius 1 is 1.19 bits per heavy atom. The van der Waals surface area contributed by atoms with Gasteiger partial charge in [0.15, 0.2) is 0 Å². The number of amides is 1. The highest BCUT2D eigenvalue weighted by Crippen LogP contribution is 2.25. The minimum atomic E-state index is 0.0130. The minimum Gasteiger partial charge on any atom is -0.395 e. The molecule has 0 unspecified atom stereocenters. The summed E-state index contributed by atoms with van der Waals surface area (Å²) >= 11 is 0. The first-order valence-electron chi connectivity index (χ1n) is 9.14. The largest absolute Gasteiger partial charge is 0.395 e. The average Bonchev–Trinajstić information content (AvgIpc) is 2.68. The molecule has 1 amide bonds. The van der Waals surface area contributed by atoms with Crippen LogP contribution in [0.5, 0.6) is 0 Å². The highest BCUT2D eigenvalue weighted by atomic mass is 16.3. The first-order valence-corrected chi connectivity index (χ1v) is 9.14. The molecule has 1 fully saturated rings. The van der Waals surface area contributed by atoms with E-state index in [4.69, 9.17) is 5.11 Å². The number of hydrogen-bond donors (Lipinski definition) is 1. The molecule has 0 spiro atoms. The number of carbonyl (C=O) groups excluding carboxylic acids is 1. The van der Waals surface area contributed by atoms with Crippen LogP contribution in [0.3, 0.4) is 0 Å². The van der Waals surface area contributed by atoms with Crippen molar-refractivity contribution in [1.82, 2.24) is 14.8 Å². The fraction of sp³-hybridized carbons (Fsp3) is 0.381. The maximum absolute atomic E-state index is 12.7. The summed E-state index contributed by atoms with van der Waals surface area (Å²) in [6, 6.07) is 11.5. The number of hydrogen-bond acceptors (Lipinski definition) is 5. The standard InChI is InChI=1S/C21H24N4O2/c1-15-13-16(2)23-20(19(15)14-22)17-3-5-18(6-4-17)21(27)25-9-7-24(8-10-25)11-12-26/h3-6,13,26H,7-12H2,1-2H3. The van der Waals surface area contributed by atoms with Crippen molar-refractivity contribution in [2.75, 3.05) is 39.3 Å². The van der Waals surface area contributed by atoms with Crippen LogP contribution >= 0.6 is 0 Å². The summed E-state index contributed by atoms with van der Waals surface area (Å²) in [6.07, 6.45) is 0. The third-order valence-electron chi connectivity index (χ3n) is 4.94. The minimum absolute atomic E-state index is 0.0130. The van der Waals surface area contributed by atoms with Gasteiger partial charge in [0.2, 0.25) is 0 Å². The monoisotopic (exact) mass is 364 g/mol. The Hall–Kier alpha value is -2.75. The van der Waals surface area contributed by atoms with Crippen molar-refractivity contribution < 1.29 is 9.90 Å². The molecule has 1 aromatic carbocycles. The number of aryl methyl sites for hydroxylation is 2. The van der Waals surface area contributed by atoms with Crippen LogP contribution in [0.25, 0.3) is 11.3 Å². The topological polar surface area (TPSA) is 80.5 Å². The van der Waals surface area contributed by atoms with Crippen molar-refractivity contribution in [3.05, 3.63) is 52.7 Å². The molecule has 27 heavy (non-hydrogen) atoms. The van der Waals surface area contributed by atoms with E-state index >= 15 is 0 Å². The van der Waals surface area contributed by atoms with Gasteiger partial charge in [-0.15, -0.1) is 0 Å². The van der Waals surface area contributed by atoms with E-state index in [9.17, 15) is 10.1 Å². The Balaban J connectivity index is 1.77. The Morgan fingerprint density at radius 2 is 1.85 bits per heavy atom. The van der Waals surface area contributed by atoms with Gasteiger partial charge in [-0.05, 0) is 37.6 Å². The Labute approximate surface area is 159 Å². The van der Waals surface area contributed by atoms with Gasteiger partial charge in [-0.1, -0.05) is 12.1 Å². The number of pyridine rings is 1. The molecule has 0 bridgehead atoms. The third-order valence-corrected chi connectivity index (χ3v) is 4.94. The number of nitrogens with zero attached hydrogens (tertiary/aromatic N) is 4. The number of rotatable bonds is 4. The first kappa shape index (κ1) is 19.0. The Morgan fingerprint density at radius 3 is 2.44 bits per heavy atom. The number of aliphatic hydroxyl groups excluding tert-OH is 1. The van der Waals surface area contributed by atoms with Crippen LogP contribution in [0.2, 0.25) is 0 Å². The number of aromatic nitrogens is 1. The van der Waals surface area contributed by atoms with Gasteiger partial charge in [0.1, 0.15) is 6.07 Å². The number of aliphatic hydroxyl groups is 1. The number of piperazine rings is 1. The fourth-order valence-corrected chi connectivity index (χ4v) is 3.46. The molecular weight excluding hydrogens is 340 g/mol. The van der Waals surface area contributed by atoms with E-state index in [0.29, 0.717) is 36.5 Å². The molecule has 6 heteroatoms. The lowest BCUT2D eigenvalue weighted by Gasteiger charge is -2.34. The first-order chi connectivity index (χ1) is 13.0. The molecule has 6 nitrogen and oxygen atoms in total. The maximum atomic E-state index is 12.7. The SMILES string of the molecule is Cc1cc(C)c(C#N)c(-c2ccc(C(=O)N3CCN(CCO)CC3)cc2)n1. The number of carbonyl (C=O) groups is 1. The zero-order valence-corrected chi connectivity index (χ0v) is 15.8. The lowest BCUT2D eigenvalue weighted by atomic mass is 10.0. The smallest absolute Gasteiger partial charge is 0.253 e. The normalized spacial score (nSPS) is 14.8. The zero-order chi connectivity index (χ0) is 19.4. The highest BCUT2D eigenvalue weighted by molar-refractivity contribution is 5.94. The van der Waals surface area contributed by atoms with Crippen molar-refractivity contribution in [1.29, 1.82) is 5.26 Å². The van der Waals surface area contributed by atoms with Gasteiger partial charge in [0.25, 0.3) is 5.91 Å². The molecule has 0 atom stereocenters.